The molecule has 4 aliphatic rings. The Labute approximate surface area is 228 Å². The van der Waals surface area contributed by atoms with E-state index in [-0.39, 0.29) is 30.4 Å². The minimum absolute atomic E-state index is 0.115. The molecule has 2 aliphatic heterocycles. The Morgan fingerprint density at radius 2 is 1.81 bits per heavy atom. The zero-order chi connectivity index (χ0) is 26.3. The third kappa shape index (κ3) is 4.86. The van der Waals surface area contributed by atoms with E-state index in [1.54, 1.807) is 34.3 Å². The number of amides is 1. The Balaban J connectivity index is 1.67. The molecule has 0 bridgehead atoms. The summed E-state index contributed by atoms with van der Waals surface area (Å²) in [6.45, 7) is 2.42. The molecule has 5 rings (SSSR count). The fourth-order valence-corrected chi connectivity index (χ4v) is 8.98. The van der Waals surface area contributed by atoms with Gasteiger partial charge in [0, 0.05) is 34.6 Å². The molecule has 0 spiro atoms. The van der Waals surface area contributed by atoms with Crippen molar-refractivity contribution in [3.05, 3.63) is 58.1 Å². The number of piperidine rings is 1. The van der Waals surface area contributed by atoms with Gasteiger partial charge in [0.2, 0.25) is 15.9 Å². The van der Waals surface area contributed by atoms with Crippen molar-refractivity contribution in [1.82, 2.24) is 9.21 Å². The van der Waals surface area contributed by atoms with E-state index in [0.29, 0.717) is 41.4 Å². The molecule has 3 fully saturated rings. The molecule has 7 nitrogen and oxygen atoms in total. The van der Waals surface area contributed by atoms with Crippen LogP contribution in [0.2, 0.25) is 10.0 Å². The van der Waals surface area contributed by atoms with Crippen LogP contribution >= 0.6 is 23.2 Å². The van der Waals surface area contributed by atoms with Gasteiger partial charge in [-0.25, -0.2) is 8.42 Å². The van der Waals surface area contributed by atoms with Crippen molar-refractivity contribution in [2.45, 2.75) is 57.2 Å². The van der Waals surface area contributed by atoms with Gasteiger partial charge in [0.1, 0.15) is 0 Å². The highest BCUT2D eigenvalue weighted by atomic mass is 35.5. The lowest BCUT2D eigenvalue weighted by atomic mass is 9.68. The summed E-state index contributed by atoms with van der Waals surface area (Å²) in [7, 11) is -3.40. The maximum Gasteiger partial charge on any atom is 0.312 e. The fraction of sp³-hybridized carbons (Fsp3) is 0.556. The SMILES string of the molecule is CCOC(=O)C1C2C=CC=CC2C(=O)N(C2CCCCC2N2CCCS2(=O)=O)C1c1ccc(Cl)cc1Cl. The predicted molar refractivity (Wildman–Crippen MR) is 143 cm³/mol. The van der Waals surface area contributed by atoms with E-state index < -0.39 is 39.8 Å². The molecular formula is C27H32Cl2N2O5S. The van der Waals surface area contributed by atoms with Crippen LogP contribution in [-0.2, 0) is 24.3 Å². The number of likely N-dealkylation sites (tertiary alicyclic amines) is 1. The van der Waals surface area contributed by atoms with Gasteiger partial charge in [-0.3, -0.25) is 9.59 Å². The first-order chi connectivity index (χ1) is 17.7. The minimum Gasteiger partial charge on any atom is -0.466 e. The molecule has 2 aliphatic carbocycles. The van der Waals surface area contributed by atoms with E-state index in [1.807, 2.05) is 24.3 Å². The highest BCUT2D eigenvalue weighted by molar-refractivity contribution is 7.89. The van der Waals surface area contributed by atoms with E-state index in [2.05, 4.69) is 0 Å². The lowest BCUT2D eigenvalue weighted by Gasteiger charge is -2.53. The number of carbonyl (C=O) groups excluding carboxylic acids is 2. The normalized spacial score (nSPS) is 33.4. The summed E-state index contributed by atoms with van der Waals surface area (Å²) in [6.07, 6.45) is 11.1. The molecule has 200 valence electrons. The van der Waals surface area contributed by atoms with Crippen LogP contribution in [0.25, 0.3) is 0 Å². The molecule has 0 N–H and O–H groups in total. The summed E-state index contributed by atoms with van der Waals surface area (Å²) in [5.41, 5.74) is 0.618. The summed E-state index contributed by atoms with van der Waals surface area (Å²) < 4.78 is 33.2. The number of ether oxygens (including phenoxy) is 1. The smallest absolute Gasteiger partial charge is 0.312 e. The van der Waals surface area contributed by atoms with Crippen LogP contribution < -0.4 is 0 Å². The number of carbonyl (C=O) groups is 2. The van der Waals surface area contributed by atoms with Gasteiger partial charge in [0.25, 0.3) is 0 Å². The molecule has 6 unspecified atom stereocenters. The van der Waals surface area contributed by atoms with Crippen LogP contribution in [0.1, 0.15) is 50.6 Å². The Bertz CT molecular complexity index is 1230. The Morgan fingerprint density at radius 3 is 2.49 bits per heavy atom. The van der Waals surface area contributed by atoms with Crippen LogP contribution in [-0.4, -0.2) is 60.5 Å². The molecule has 1 aromatic rings. The molecule has 6 atom stereocenters. The highest BCUT2D eigenvalue weighted by Crippen LogP contribution is 2.50. The van der Waals surface area contributed by atoms with Crippen molar-refractivity contribution in [3.8, 4) is 0 Å². The van der Waals surface area contributed by atoms with Crippen molar-refractivity contribution >= 4 is 45.1 Å². The van der Waals surface area contributed by atoms with Crippen molar-refractivity contribution in [2.24, 2.45) is 17.8 Å². The third-order valence-corrected chi connectivity index (χ3v) is 10.7. The maximum absolute atomic E-state index is 14.3. The van der Waals surface area contributed by atoms with Crippen LogP contribution in [0.5, 0.6) is 0 Å². The Kier molecular flexibility index (Phi) is 7.74. The van der Waals surface area contributed by atoms with Crippen LogP contribution in [0.15, 0.2) is 42.5 Å². The van der Waals surface area contributed by atoms with Crippen LogP contribution in [0.4, 0.5) is 0 Å². The molecule has 1 aromatic carbocycles. The summed E-state index contributed by atoms with van der Waals surface area (Å²) in [6, 6.07) is 3.65. The van der Waals surface area contributed by atoms with E-state index in [0.717, 1.165) is 12.8 Å². The minimum atomic E-state index is -3.40. The maximum atomic E-state index is 14.3. The lowest BCUT2D eigenvalue weighted by molar-refractivity contribution is -0.166. The lowest BCUT2D eigenvalue weighted by Crippen LogP contribution is -2.62. The van der Waals surface area contributed by atoms with E-state index in [1.165, 1.54) is 0 Å². The van der Waals surface area contributed by atoms with Gasteiger partial charge in [-0.05, 0) is 43.9 Å². The van der Waals surface area contributed by atoms with Crippen molar-refractivity contribution in [2.75, 3.05) is 18.9 Å². The van der Waals surface area contributed by atoms with Gasteiger partial charge in [-0.15, -0.1) is 0 Å². The first-order valence-electron chi connectivity index (χ1n) is 13.0. The molecule has 0 radical (unpaired) electrons. The average Bonchev–Trinajstić information content (AvgIpc) is 3.23. The number of benzene rings is 1. The van der Waals surface area contributed by atoms with Crippen molar-refractivity contribution in [3.63, 3.8) is 0 Å². The fourth-order valence-electron chi connectivity index (χ4n) is 6.67. The monoisotopic (exact) mass is 566 g/mol. The summed E-state index contributed by atoms with van der Waals surface area (Å²) in [5, 5.41) is 0.812. The van der Waals surface area contributed by atoms with Crippen LogP contribution in [0.3, 0.4) is 0 Å². The summed E-state index contributed by atoms with van der Waals surface area (Å²) in [4.78, 5) is 29.7. The van der Waals surface area contributed by atoms with Gasteiger partial charge in [0.15, 0.2) is 0 Å². The van der Waals surface area contributed by atoms with Gasteiger partial charge < -0.3 is 9.64 Å². The molecular weight excluding hydrogens is 535 g/mol. The zero-order valence-electron chi connectivity index (χ0n) is 20.8. The van der Waals surface area contributed by atoms with Gasteiger partial charge in [-0.1, -0.05) is 66.4 Å². The second-order valence-corrected chi connectivity index (χ2v) is 13.1. The molecule has 2 heterocycles. The second-order valence-electron chi connectivity index (χ2n) is 10.2. The number of hydrogen-bond acceptors (Lipinski definition) is 5. The molecule has 2 saturated heterocycles. The number of esters is 1. The summed E-state index contributed by atoms with van der Waals surface area (Å²) >= 11 is 13.0. The van der Waals surface area contributed by atoms with Crippen molar-refractivity contribution in [1.29, 1.82) is 0 Å². The highest BCUT2D eigenvalue weighted by Gasteiger charge is 2.55. The predicted octanol–water partition coefficient (Wildman–Crippen LogP) is 4.76. The quantitative estimate of drug-likeness (QED) is 0.479. The molecule has 1 amide bonds. The number of halogens is 2. The zero-order valence-corrected chi connectivity index (χ0v) is 23.1. The molecule has 10 heteroatoms. The van der Waals surface area contributed by atoms with Gasteiger partial charge >= 0.3 is 5.97 Å². The summed E-state index contributed by atoms with van der Waals surface area (Å²) in [5.74, 6) is -2.04. The Hall–Kier alpha value is -1.87. The number of hydrogen-bond donors (Lipinski definition) is 0. The number of rotatable bonds is 5. The van der Waals surface area contributed by atoms with Gasteiger partial charge in [0.05, 0.1) is 30.2 Å². The number of allylic oxidation sites excluding steroid dienone is 3. The van der Waals surface area contributed by atoms with E-state index in [9.17, 15) is 18.0 Å². The first kappa shape index (κ1) is 26.7. The second kappa shape index (κ2) is 10.7. The first-order valence-corrected chi connectivity index (χ1v) is 15.4. The van der Waals surface area contributed by atoms with Crippen LogP contribution in [0, 0.1) is 17.8 Å². The van der Waals surface area contributed by atoms with Crippen molar-refractivity contribution < 1.29 is 22.7 Å². The number of nitrogens with zero attached hydrogens (tertiary/aromatic N) is 2. The molecule has 0 aromatic heterocycles. The number of fused-ring (bicyclic) bond motifs is 1. The van der Waals surface area contributed by atoms with Gasteiger partial charge in [-0.2, -0.15) is 4.31 Å². The largest absolute Gasteiger partial charge is 0.466 e. The Morgan fingerprint density at radius 1 is 1.08 bits per heavy atom. The molecule has 37 heavy (non-hydrogen) atoms. The van der Waals surface area contributed by atoms with E-state index >= 15 is 0 Å². The van der Waals surface area contributed by atoms with E-state index in [4.69, 9.17) is 27.9 Å². The standard InChI is InChI=1S/C27H32Cl2N2O5S/c1-2-36-27(33)24-18-8-3-4-9-19(18)26(32)31(25(24)20-13-12-17(28)16-21(20)29)23-11-6-5-10-22(23)30-14-7-15-37(30,34)35/h3-4,8-9,12-13,16,18-19,22-25H,2,5-7,10-11,14-15H2,1H3. The average molecular weight is 568 g/mol. The number of sulfonamides is 1. The topological polar surface area (TPSA) is 84.0 Å². The third-order valence-electron chi connectivity index (χ3n) is 8.17. The molecule has 1 saturated carbocycles.